The van der Waals surface area contributed by atoms with E-state index in [0.29, 0.717) is 10.8 Å². The molecule has 0 spiro atoms. The van der Waals surface area contributed by atoms with Gasteiger partial charge in [0.15, 0.2) is 11.9 Å². The number of nitrogens with one attached hydrogen (secondary N) is 2. The van der Waals surface area contributed by atoms with Gasteiger partial charge in [-0.25, -0.2) is 4.79 Å². The molecule has 3 N–H and O–H groups in total. The molecule has 1 unspecified atom stereocenters. The van der Waals surface area contributed by atoms with Crippen LogP contribution in [0.3, 0.4) is 0 Å². The summed E-state index contributed by atoms with van der Waals surface area (Å²) in [5.74, 6) is -1.05. The van der Waals surface area contributed by atoms with Crippen molar-refractivity contribution in [2.24, 2.45) is 0 Å². The fourth-order valence-electron chi connectivity index (χ4n) is 1.52. The van der Waals surface area contributed by atoms with Gasteiger partial charge in [-0.05, 0) is 25.1 Å². The lowest BCUT2D eigenvalue weighted by atomic mass is 10.3. The molecule has 1 aromatic heterocycles. The van der Waals surface area contributed by atoms with Gasteiger partial charge in [0.1, 0.15) is 11.4 Å². The van der Waals surface area contributed by atoms with Crippen LogP contribution in [0.25, 0.3) is 0 Å². The highest BCUT2D eigenvalue weighted by Crippen LogP contribution is 2.18. The Hall–Kier alpha value is -2.54. The van der Waals surface area contributed by atoms with E-state index in [4.69, 9.17) is 21.4 Å². The molecule has 0 radical (unpaired) electrons. The van der Waals surface area contributed by atoms with E-state index >= 15 is 0 Å². The van der Waals surface area contributed by atoms with E-state index in [1.807, 2.05) is 0 Å². The fourth-order valence-corrected chi connectivity index (χ4v) is 1.70. The average molecular weight is 310 g/mol. The van der Waals surface area contributed by atoms with Gasteiger partial charge in [-0.1, -0.05) is 17.7 Å². The summed E-state index contributed by atoms with van der Waals surface area (Å²) in [5.41, 5.74) is -0.117. The molecule has 1 aromatic carbocycles. The lowest BCUT2D eigenvalue weighted by molar-refractivity contribution is -0.122. The number of amides is 1. The number of carboxylic acids is 1. The first-order chi connectivity index (χ1) is 9.95. The third kappa shape index (κ3) is 3.96. The molecule has 1 heterocycles. The molecule has 0 aliphatic rings. The second-order valence-corrected chi connectivity index (χ2v) is 4.62. The van der Waals surface area contributed by atoms with Crippen LogP contribution >= 0.6 is 11.6 Å². The van der Waals surface area contributed by atoms with Crippen molar-refractivity contribution in [3.8, 4) is 5.75 Å². The number of anilines is 1. The van der Waals surface area contributed by atoms with Crippen LogP contribution < -0.4 is 10.1 Å². The first kappa shape index (κ1) is 14.9. The third-order valence-corrected chi connectivity index (χ3v) is 2.77. The minimum atomic E-state index is -1.16. The predicted octanol–water partition coefficient (Wildman–Crippen LogP) is 2.17. The zero-order valence-corrected chi connectivity index (χ0v) is 11.7. The molecule has 7 nitrogen and oxygen atoms in total. The van der Waals surface area contributed by atoms with E-state index in [2.05, 4.69) is 15.5 Å². The van der Waals surface area contributed by atoms with Gasteiger partial charge in [0.25, 0.3) is 5.91 Å². The monoisotopic (exact) mass is 309 g/mol. The Kier molecular flexibility index (Phi) is 4.44. The molecular weight excluding hydrogens is 298 g/mol. The van der Waals surface area contributed by atoms with Gasteiger partial charge in [0.05, 0.1) is 0 Å². The topological polar surface area (TPSA) is 104 Å². The van der Waals surface area contributed by atoms with Crippen molar-refractivity contribution in [1.82, 2.24) is 10.2 Å². The van der Waals surface area contributed by atoms with Crippen LogP contribution in [0, 0.1) is 0 Å². The number of aromatic carboxylic acids is 1. The molecule has 110 valence electrons. The lowest BCUT2D eigenvalue weighted by Crippen LogP contribution is -2.30. The number of hydrogen-bond acceptors (Lipinski definition) is 4. The molecule has 0 saturated carbocycles. The van der Waals surface area contributed by atoms with E-state index in [1.54, 1.807) is 31.2 Å². The van der Waals surface area contributed by atoms with Gasteiger partial charge in [-0.15, -0.1) is 0 Å². The summed E-state index contributed by atoms with van der Waals surface area (Å²) in [6.45, 7) is 1.56. The number of carbonyl (C=O) groups is 2. The van der Waals surface area contributed by atoms with Crippen LogP contribution in [0.15, 0.2) is 30.3 Å². The average Bonchev–Trinajstić information content (AvgIpc) is 2.87. The van der Waals surface area contributed by atoms with Gasteiger partial charge in [-0.2, -0.15) is 5.10 Å². The molecule has 0 aliphatic carbocycles. The highest BCUT2D eigenvalue weighted by atomic mass is 35.5. The molecule has 0 saturated heterocycles. The highest BCUT2D eigenvalue weighted by Gasteiger charge is 2.17. The summed E-state index contributed by atoms with van der Waals surface area (Å²) in [5, 5.41) is 17.6. The maximum Gasteiger partial charge on any atom is 0.353 e. The summed E-state index contributed by atoms with van der Waals surface area (Å²) in [4.78, 5) is 22.6. The van der Waals surface area contributed by atoms with Crippen molar-refractivity contribution in [1.29, 1.82) is 0 Å². The third-order valence-electron chi connectivity index (χ3n) is 2.54. The molecular formula is C13H12ClN3O4. The minimum Gasteiger partial charge on any atom is -0.481 e. The first-order valence-electron chi connectivity index (χ1n) is 5.97. The van der Waals surface area contributed by atoms with Gasteiger partial charge in [0, 0.05) is 11.1 Å². The Morgan fingerprint density at radius 1 is 1.43 bits per heavy atom. The quantitative estimate of drug-likeness (QED) is 0.785. The van der Waals surface area contributed by atoms with Crippen molar-refractivity contribution in [2.75, 3.05) is 5.32 Å². The maximum absolute atomic E-state index is 11.9. The number of aromatic nitrogens is 2. The van der Waals surface area contributed by atoms with Crippen molar-refractivity contribution in [3.05, 3.63) is 41.0 Å². The van der Waals surface area contributed by atoms with E-state index in [0.717, 1.165) is 0 Å². The number of carboxylic acid groups (broad SMARTS) is 1. The minimum absolute atomic E-state index is 0.110. The number of benzene rings is 1. The summed E-state index contributed by atoms with van der Waals surface area (Å²) in [6.07, 6.45) is -0.798. The number of halogens is 1. The first-order valence-corrected chi connectivity index (χ1v) is 6.35. The largest absolute Gasteiger partial charge is 0.481 e. The number of H-pyrrole nitrogens is 1. The molecule has 2 rings (SSSR count). The summed E-state index contributed by atoms with van der Waals surface area (Å²) in [6, 6.07) is 7.87. The SMILES string of the molecule is CC(Oc1cccc(Cl)c1)C(=O)Nc1cc(C(=O)O)[nH]n1. The molecule has 1 amide bonds. The highest BCUT2D eigenvalue weighted by molar-refractivity contribution is 6.30. The summed E-state index contributed by atoms with van der Waals surface area (Å²) >= 11 is 5.82. The van der Waals surface area contributed by atoms with Crippen molar-refractivity contribution in [3.63, 3.8) is 0 Å². The molecule has 0 fully saturated rings. The predicted molar refractivity (Wildman–Crippen MR) is 75.7 cm³/mol. The Bertz CT molecular complexity index is 671. The standard InChI is InChI=1S/C13H12ClN3O4/c1-7(21-9-4-2-3-8(14)5-9)12(18)15-11-6-10(13(19)20)16-17-11/h2-7H,1H3,(H,19,20)(H2,15,16,17,18). The van der Waals surface area contributed by atoms with Crippen LogP contribution in [-0.2, 0) is 4.79 Å². The normalized spacial score (nSPS) is 11.7. The second kappa shape index (κ2) is 6.27. The molecule has 0 aliphatic heterocycles. The molecule has 0 bridgehead atoms. The zero-order chi connectivity index (χ0) is 15.4. The van der Waals surface area contributed by atoms with Gasteiger partial charge < -0.3 is 15.2 Å². The molecule has 2 aromatic rings. The Morgan fingerprint density at radius 3 is 2.81 bits per heavy atom. The van der Waals surface area contributed by atoms with Crippen molar-refractivity contribution < 1.29 is 19.4 Å². The number of hydrogen-bond donors (Lipinski definition) is 3. The van der Waals surface area contributed by atoms with E-state index < -0.39 is 18.0 Å². The second-order valence-electron chi connectivity index (χ2n) is 4.18. The van der Waals surface area contributed by atoms with Crippen LogP contribution in [0.2, 0.25) is 5.02 Å². The summed E-state index contributed by atoms with van der Waals surface area (Å²) in [7, 11) is 0. The van der Waals surface area contributed by atoms with Crippen molar-refractivity contribution >= 4 is 29.3 Å². The molecule has 8 heteroatoms. The van der Waals surface area contributed by atoms with Crippen LogP contribution in [0.1, 0.15) is 17.4 Å². The Morgan fingerprint density at radius 2 is 2.19 bits per heavy atom. The van der Waals surface area contributed by atoms with Gasteiger partial charge >= 0.3 is 5.97 Å². The zero-order valence-electron chi connectivity index (χ0n) is 11.0. The van der Waals surface area contributed by atoms with Crippen LogP contribution in [0.5, 0.6) is 5.75 Å². The Labute approximate surface area is 124 Å². The smallest absolute Gasteiger partial charge is 0.353 e. The number of carbonyl (C=O) groups excluding carboxylic acids is 1. The van der Waals surface area contributed by atoms with E-state index in [9.17, 15) is 9.59 Å². The number of aromatic amines is 1. The van der Waals surface area contributed by atoms with Gasteiger partial charge in [0.2, 0.25) is 0 Å². The summed E-state index contributed by atoms with van der Waals surface area (Å²) < 4.78 is 5.43. The molecule has 21 heavy (non-hydrogen) atoms. The number of ether oxygens (including phenoxy) is 1. The van der Waals surface area contributed by atoms with Gasteiger partial charge in [-0.3, -0.25) is 9.89 Å². The maximum atomic E-state index is 11.9. The fraction of sp³-hybridized carbons (Fsp3) is 0.154. The van der Waals surface area contributed by atoms with E-state index in [-0.39, 0.29) is 11.5 Å². The number of rotatable bonds is 5. The Balaban J connectivity index is 1.97. The molecule has 1 atom stereocenters. The van der Waals surface area contributed by atoms with Crippen LogP contribution in [-0.4, -0.2) is 33.3 Å². The van der Waals surface area contributed by atoms with Crippen LogP contribution in [0.4, 0.5) is 5.82 Å². The van der Waals surface area contributed by atoms with E-state index in [1.165, 1.54) is 6.07 Å². The van der Waals surface area contributed by atoms with Crippen molar-refractivity contribution in [2.45, 2.75) is 13.0 Å². The lowest BCUT2D eigenvalue weighted by Gasteiger charge is -2.13. The number of nitrogens with zero attached hydrogens (tertiary/aromatic N) is 1.